The van der Waals surface area contributed by atoms with Crippen LogP contribution in [0.2, 0.25) is 0 Å². The fourth-order valence-corrected chi connectivity index (χ4v) is 2.16. The molecule has 1 N–H and O–H groups in total. The zero-order valence-corrected chi connectivity index (χ0v) is 11.6. The Morgan fingerprint density at radius 2 is 2.26 bits per heavy atom. The summed E-state index contributed by atoms with van der Waals surface area (Å²) in [5, 5.41) is 3.48. The van der Waals surface area contributed by atoms with Crippen molar-refractivity contribution in [1.82, 2.24) is 19.9 Å². The molecule has 1 unspecified atom stereocenters. The van der Waals surface area contributed by atoms with E-state index in [0.717, 1.165) is 30.1 Å². The zero-order chi connectivity index (χ0) is 13.7. The summed E-state index contributed by atoms with van der Waals surface area (Å²) in [7, 11) is 3.68. The molecule has 0 fully saturated rings. The Hall–Kier alpha value is -1.88. The molecule has 2 aromatic rings. The summed E-state index contributed by atoms with van der Waals surface area (Å²) < 4.78 is 7.43. The number of pyridine rings is 1. The molecule has 0 saturated heterocycles. The molecule has 5 heteroatoms. The number of hydrogen-bond acceptors (Lipinski definition) is 4. The van der Waals surface area contributed by atoms with Crippen molar-refractivity contribution in [2.24, 2.45) is 7.05 Å². The van der Waals surface area contributed by atoms with Gasteiger partial charge in [-0.15, -0.1) is 0 Å². The second-order valence-corrected chi connectivity index (χ2v) is 4.39. The minimum Gasteiger partial charge on any atom is -0.495 e. The average molecular weight is 260 g/mol. The van der Waals surface area contributed by atoms with E-state index in [4.69, 9.17) is 4.74 Å². The Morgan fingerprint density at radius 1 is 1.42 bits per heavy atom. The van der Waals surface area contributed by atoms with Crippen molar-refractivity contribution in [3.8, 4) is 5.75 Å². The van der Waals surface area contributed by atoms with Crippen molar-refractivity contribution < 1.29 is 4.74 Å². The highest BCUT2D eigenvalue weighted by Crippen LogP contribution is 2.26. The quantitative estimate of drug-likeness (QED) is 0.859. The van der Waals surface area contributed by atoms with Crippen molar-refractivity contribution in [3.63, 3.8) is 0 Å². The molecule has 0 saturated carbocycles. The van der Waals surface area contributed by atoms with Gasteiger partial charge in [-0.05, 0) is 12.6 Å². The SMILES string of the molecule is CCNC(Cc1nccn1C)c1ccncc1OC. The third kappa shape index (κ3) is 3.12. The average Bonchev–Trinajstić information content (AvgIpc) is 2.84. The van der Waals surface area contributed by atoms with Crippen LogP contribution in [0.3, 0.4) is 0 Å². The van der Waals surface area contributed by atoms with E-state index in [0.29, 0.717) is 0 Å². The smallest absolute Gasteiger partial charge is 0.141 e. The third-order valence-electron chi connectivity index (χ3n) is 3.17. The molecule has 0 spiro atoms. The molecule has 0 radical (unpaired) electrons. The summed E-state index contributed by atoms with van der Waals surface area (Å²) in [4.78, 5) is 8.49. The molecule has 0 amide bonds. The Labute approximate surface area is 113 Å². The highest BCUT2D eigenvalue weighted by molar-refractivity contribution is 5.33. The summed E-state index contributed by atoms with van der Waals surface area (Å²) in [6.45, 7) is 2.99. The van der Waals surface area contributed by atoms with Crippen molar-refractivity contribution in [2.45, 2.75) is 19.4 Å². The lowest BCUT2D eigenvalue weighted by molar-refractivity contribution is 0.396. The number of nitrogens with one attached hydrogen (secondary N) is 1. The lowest BCUT2D eigenvalue weighted by Gasteiger charge is -2.20. The molecule has 0 aromatic carbocycles. The molecule has 0 aliphatic carbocycles. The van der Waals surface area contributed by atoms with Crippen LogP contribution in [0.1, 0.15) is 24.4 Å². The largest absolute Gasteiger partial charge is 0.495 e. The van der Waals surface area contributed by atoms with Crippen LogP contribution in [0.15, 0.2) is 30.9 Å². The Morgan fingerprint density at radius 3 is 2.89 bits per heavy atom. The van der Waals surface area contributed by atoms with Gasteiger partial charge in [0.05, 0.1) is 13.3 Å². The van der Waals surface area contributed by atoms with Crippen LogP contribution in [0.4, 0.5) is 0 Å². The number of imidazole rings is 1. The highest BCUT2D eigenvalue weighted by atomic mass is 16.5. The second-order valence-electron chi connectivity index (χ2n) is 4.39. The number of likely N-dealkylation sites (N-methyl/N-ethyl adjacent to an activating group) is 1. The maximum absolute atomic E-state index is 5.39. The summed E-state index contributed by atoms with van der Waals surface area (Å²) in [6, 6.07) is 2.17. The highest BCUT2D eigenvalue weighted by Gasteiger charge is 2.17. The van der Waals surface area contributed by atoms with Crippen molar-refractivity contribution in [2.75, 3.05) is 13.7 Å². The van der Waals surface area contributed by atoms with Gasteiger partial charge in [-0.2, -0.15) is 0 Å². The van der Waals surface area contributed by atoms with Gasteiger partial charge in [-0.25, -0.2) is 4.98 Å². The summed E-state index contributed by atoms with van der Waals surface area (Å²) in [5.41, 5.74) is 1.11. The van der Waals surface area contributed by atoms with Gasteiger partial charge in [0.25, 0.3) is 0 Å². The van der Waals surface area contributed by atoms with E-state index in [1.807, 2.05) is 30.1 Å². The van der Waals surface area contributed by atoms with Crippen LogP contribution in [0.5, 0.6) is 5.75 Å². The predicted octanol–water partition coefficient (Wildman–Crippen LogP) is 1.72. The maximum Gasteiger partial charge on any atom is 0.141 e. The topological polar surface area (TPSA) is 52.0 Å². The molecule has 2 rings (SSSR count). The molecular formula is C14H20N4O. The minimum absolute atomic E-state index is 0.170. The first kappa shape index (κ1) is 13.5. The molecular weight excluding hydrogens is 240 g/mol. The molecule has 0 bridgehead atoms. The number of ether oxygens (including phenoxy) is 1. The van der Waals surface area contributed by atoms with E-state index >= 15 is 0 Å². The van der Waals surface area contributed by atoms with Gasteiger partial charge in [0.15, 0.2) is 0 Å². The standard InChI is InChI=1S/C14H20N4O/c1-4-16-12(9-14-17-7-8-18(14)2)11-5-6-15-10-13(11)19-3/h5-8,10,12,16H,4,9H2,1-3H3. The van der Waals surface area contributed by atoms with E-state index < -0.39 is 0 Å². The molecule has 5 nitrogen and oxygen atoms in total. The van der Waals surface area contributed by atoms with E-state index in [1.54, 1.807) is 19.5 Å². The fraction of sp³-hybridized carbons (Fsp3) is 0.429. The third-order valence-corrected chi connectivity index (χ3v) is 3.17. The molecule has 2 heterocycles. The first-order valence-corrected chi connectivity index (χ1v) is 6.43. The fourth-order valence-electron chi connectivity index (χ4n) is 2.16. The van der Waals surface area contributed by atoms with Crippen LogP contribution in [-0.2, 0) is 13.5 Å². The zero-order valence-electron chi connectivity index (χ0n) is 11.6. The lowest BCUT2D eigenvalue weighted by atomic mass is 10.0. The summed E-state index contributed by atoms with van der Waals surface area (Å²) in [5.74, 6) is 1.85. The molecule has 102 valence electrons. The van der Waals surface area contributed by atoms with Crippen LogP contribution in [0.25, 0.3) is 0 Å². The number of aromatic nitrogens is 3. The number of hydrogen-bond donors (Lipinski definition) is 1. The molecule has 19 heavy (non-hydrogen) atoms. The van der Waals surface area contributed by atoms with Gasteiger partial charge < -0.3 is 14.6 Å². The van der Waals surface area contributed by atoms with Crippen molar-refractivity contribution >= 4 is 0 Å². The Bertz CT molecular complexity index is 524. The van der Waals surface area contributed by atoms with Gasteiger partial charge in [0.2, 0.25) is 0 Å². The van der Waals surface area contributed by atoms with Gasteiger partial charge >= 0.3 is 0 Å². The van der Waals surface area contributed by atoms with E-state index in [9.17, 15) is 0 Å². The van der Waals surface area contributed by atoms with Gasteiger partial charge in [-0.1, -0.05) is 6.92 Å². The first-order valence-electron chi connectivity index (χ1n) is 6.43. The van der Waals surface area contributed by atoms with Gasteiger partial charge in [0.1, 0.15) is 11.6 Å². The molecule has 0 aliphatic heterocycles. The van der Waals surface area contributed by atoms with Gasteiger partial charge in [0, 0.05) is 43.7 Å². The normalized spacial score (nSPS) is 12.4. The first-order chi connectivity index (χ1) is 9.26. The maximum atomic E-state index is 5.39. The Balaban J connectivity index is 2.27. The van der Waals surface area contributed by atoms with Crippen molar-refractivity contribution in [3.05, 3.63) is 42.2 Å². The predicted molar refractivity (Wildman–Crippen MR) is 74.1 cm³/mol. The summed E-state index contributed by atoms with van der Waals surface area (Å²) >= 11 is 0. The van der Waals surface area contributed by atoms with Crippen LogP contribution < -0.4 is 10.1 Å². The lowest BCUT2D eigenvalue weighted by Crippen LogP contribution is -2.24. The van der Waals surface area contributed by atoms with Crippen LogP contribution in [-0.4, -0.2) is 28.2 Å². The van der Waals surface area contributed by atoms with Gasteiger partial charge in [-0.3, -0.25) is 4.98 Å². The number of methoxy groups -OCH3 is 1. The summed E-state index contributed by atoms with van der Waals surface area (Å²) in [6.07, 6.45) is 8.14. The number of aryl methyl sites for hydroxylation is 1. The van der Waals surface area contributed by atoms with E-state index in [-0.39, 0.29) is 6.04 Å². The van der Waals surface area contributed by atoms with E-state index in [1.165, 1.54) is 0 Å². The molecule has 2 aromatic heterocycles. The number of nitrogens with zero attached hydrogens (tertiary/aromatic N) is 3. The van der Waals surface area contributed by atoms with Crippen molar-refractivity contribution in [1.29, 1.82) is 0 Å². The molecule has 1 atom stereocenters. The number of rotatable bonds is 6. The second kappa shape index (κ2) is 6.33. The minimum atomic E-state index is 0.170. The van der Waals surface area contributed by atoms with E-state index in [2.05, 4.69) is 22.2 Å². The Kier molecular flexibility index (Phi) is 4.52. The molecule has 0 aliphatic rings. The van der Waals surface area contributed by atoms with Crippen LogP contribution in [0, 0.1) is 0 Å². The monoisotopic (exact) mass is 260 g/mol. The van der Waals surface area contributed by atoms with Crippen LogP contribution >= 0.6 is 0 Å².